The van der Waals surface area contributed by atoms with Crippen LogP contribution in [0.4, 0.5) is 0 Å². The van der Waals surface area contributed by atoms with Crippen LogP contribution in [0.1, 0.15) is 59.7 Å². The number of carboxylic acid groups (broad SMARTS) is 1. The van der Waals surface area contributed by atoms with Crippen LogP contribution < -0.4 is 14.2 Å². The van der Waals surface area contributed by atoms with Gasteiger partial charge in [-0.1, -0.05) is 19.0 Å². The summed E-state index contributed by atoms with van der Waals surface area (Å²) in [6.45, 7) is 12.0. The highest BCUT2D eigenvalue weighted by Gasteiger charge is 2.17. The third kappa shape index (κ3) is 9.67. The fourth-order valence-electron chi connectivity index (χ4n) is 3.80. The highest BCUT2D eigenvalue weighted by molar-refractivity contribution is 5.85. The molecular weight excluding hydrogens is 572 g/mol. The molecule has 0 bridgehead atoms. The number of ether oxygens (including phenoxy) is 3. The maximum absolute atomic E-state index is 10.6. The van der Waals surface area contributed by atoms with Gasteiger partial charge in [-0.2, -0.15) is 15.0 Å². The third-order valence-electron chi connectivity index (χ3n) is 5.75. The van der Waals surface area contributed by atoms with E-state index >= 15 is 0 Å². The Balaban J connectivity index is 0.000000317. The second-order valence-corrected chi connectivity index (χ2v) is 9.87. The van der Waals surface area contributed by atoms with Gasteiger partial charge in [-0.25, -0.2) is 14.8 Å². The summed E-state index contributed by atoms with van der Waals surface area (Å²) in [5.74, 6) is 0.278. The SMILES string of the molecule is CCCOc1nc(C)cc(-c2nc(-c3cc(C)c(OCC(O)CO)c(C)c3)no2)n1.CCCOc1nc(C)cc(C(=O)O)n1. The molecule has 44 heavy (non-hydrogen) atoms. The first-order chi connectivity index (χ1) is 21.0. The van der Waals surface area contributed by atoms with E-state index in [-0.39, 0.29) is 36.8 Å². The van der Waals surface area contributed by atoms with E-state index in [1.807, 2.05) is 46.8 Å². The molecule has 4 aromatic rings. The van der Waals surface area contributed by atoms with Crippen LogP contribution in [0.5, 0.6) is 17.8 Å². The van der Waals surface area contributed by atoms with Crippen LogP contribution >= 0.6 is 0 Å². The molecule has 3 heterocycles. The van der Waals surface area contributed by atoms with Crippen molar-refractivity contribution < 1.29 is 38.8 Å². The lowest BCUT2D eigenvalue weighted by molar-refractivity contribution is 0.0532. The van der Waals surface area contributed by atoms with Crippen LogP contribution in [0.25, 0.3) is 23.0 Å². The van der Waals surface area contributed by atoms with Crippen molar-refractivity contribution in [2.75, 3.05) is 26.4 Å². The van der Waals surface area contributed by atoms with E-state index in [9.17, 15) is 9.90 Å². The summed E-state index contributed by atoms with van der Waals surface area (Å²) in [6.07, 6.45) is 0.764. The molecule has 0 aliphatic carbocycles. The summed E-state index contributed by atoms with van der Waals surface area (Å²) in [4.78, 5) is 31.4. The first-order valence-electron chi connectivity index (χ1n) is 14.1. The zero-order valence-electron chi connectivity index (χ0n) is 25.7. The Hall–Kier alpha value is -4.69. The standard InChI is InChI=1S/C21H26N4O5.C9H12N2O3/c1-5-6-28-21-22-14(4)9-17(23-21)20-24-19(25-30-20)15-7-12(2)18(13(3)8-15)29-11-16(27)10-26;1-3-4-14-9-10-6(2)5-7(11-9)8(12)13/h7-9,16,26-27H,5-6,10-11H2,1-4H3;5H,3-4H2,1-2H3,(H,12,13). The monoisotopic (exact) mass is 610 g/mol. The summed E-state index contributed by atoms with van der Waals surface area (Å²) < 4.78 is 21.7. The van der Waals surface area contributed by atoms with Gasteiger partial charge in [-0.05, 0) is 75.9 Å². The number of nitrogens with zero attached hydrogens (tertiary/aromatic N) is 6. The smallest absolute Gasteiger partial charge is 0.354 e. The number of carbonyl (C=O) groups is 1. The molecule has 0 radical (unpaired) electrons. The maximum atomic E-state index is 10.6. The summed E-state index contributed by atoms with van der Waals surface area (Å²) >= 11 is 0. The molecule has 1 aromatic carbocycles. The predicted molar refractivity (Wildman–Crippen MR) is 159 cm³/mol. The van der Waals surface area contributed by atoms with Gasteiger partial charge in [0.15, 0.2) is 5.69 Å². The van der Waals surface area contributed by atoms with E-state index < -0.39 is 12.1 Å². The molecule has 0 spiro atoms. The fourth-order valence-corrected chi connectivity index (χ4v) is 3.80. The number of benzene rings is 1. The number of aliphatic hydroxyl groups is 2. The number of hydrogen-bond donors (Lipinski definition) is 3. The van der Waals surface area contributed by atoms with E-state index in [1.54, 1.807) is 13.0 Å². The molecule has 3 N–H and O–H groups in total. The lowest BCUT2D eigenvalue weighted by Crippen LogP contribution is -2.21. The van der Waals surface area contributed by atoms with Crippen molar-refractivity contribution in [3.05, 3.63) is 52.5 Å². The average molecular weight is 611 g/mol. The molecule has 0 fully saturated rings. The molecule has 0 saturated carbocycles. The number of aliphatic hydroxyl groups excluding tert-OH is 2. The van der Waals surface area contributed by atoms with Crippen LogP contribution in [0, 0.1) is 27.7 Å². The first-order valence-corrected chi connectivity index (χ1v) is 14.1. The Morgan fingerprint density at radius 2 is 1.43 bits per heavy atom. The van der Waals surface area contributed by atoms with Crippen LogP contribution in [-0.4, -0.2) is 83.9 Å². The van der Waals surface area contributed by atoms with Gasteiger partial charge in [0.1, 0.15) is 24.2 Å². The summed E-state index contributed by atoms with van der Waals surface area (Å²) in [5, 5.41) is 31.2. The molecule has 236 valence electrons. The minimum atomic E-state index is -1.07. The predicted octanol–water partition coefficient (Wildman–Crippen LogP) is 3.91. The Morgan fingerprint density at radius 1 is 0.841 bits per heavy atom. The third-order valence-corrected chi connectivity index (χ3v) is 5.75. The molecule has 0 saturated heterocycles. The van der Waals surface area contributed by atoms with Crippen LogP contribution in [0.3, 0.4) is 0 Å². The number of aromatic carboxylic acids is 1. The van der Waals surface area contributed by atoms with Crippen molar-refractivity contribution in [3.63, 3.8) is 0 Å². The Labute approximate surface area is 255 Å². The minimum absolute atomic E-state index is 0.0133. The van der Waals surface area contributed by atoms with E-state index in [2.05, 4.69) is 30.1 Å². The van der Waals surface area contributed by atoms with Crippen LogP contribution in [0.15, 0.2) is 28.8 Å². The van der Waals surface area contributed by atoms with Gasteiger partial charge >= 0.3 is 18.0 Å². The van der Waals surface area contributed by atoms with Gasteiger partial charge in [-0.15, -0.1) is 0 Å². The van der Waals surface area contributed by atoms with Gasteiger partial charge in [0.2, 0.25) is 5.82 Å². The zero-order chi connectivity index (χ0) is 32.2. The van der Waals surface area contributed by atoms with Crippen LogP contribution in [0.2, 0.25) is 0 Å². The highest BCUT2D eigenvalue weighted by Crippen LogP contribution is 2.30. The van der Waals surface area contributed by atoms with Gasteiger partial charge in [0.05, 0.1) is 19.8 Å². The zero-order valence-corrected chi connectivity index (χ0v) is 25.7. The number of aromatic nitrogens is 6. The molecule has 0 amide bonds. The lowest BCUT2D eigenvalue weighted by atomic mass is 10.1. The van der Waals surface area contributed by atoms with E-state index in [0.29, 0.717) is 36.2 Å². The van der Waals surface area contributed by atoms with E-state index in [1.165, 1.54) is 6.07 Å². The Morgan fingerprint density at radius 3 is 2.00 bits per heavy atom. The molecule has 0 aliphatic rings. The van der Waals surface area contributed by atoms with Crippen molar-refractivity contribution >= 4 is 5.97 Å². The largest absolute Gasteiger partial charge is 0.490 e. The molecule has 4 rings (SSSR count). The van der Waals surface area contributed by atoms with Crippen molar-refractivity contribution in [2.45, 2.75) is 60.5 Å². The van der Waals surface area contributed by atoms with Gasteiger partial charge in [0.25, 0.3) is 5.89 Å². The van der Waals surface area contributed by atoms with Gasteiger partial charge < -0.3 is 34.1 Å². The van der Waals surface area contributed by atoms with Crippen molar-refractivity contribution in [1.82, 2.24) is 30.1 Å². The molecule has 1 atom stereocenters. The summed E-state index contributed by atoms with van der Waals surface area (Å²) in [6, 6.07) is 7.33. The van der Waals surface area contributed by atoms with Crippen molar-refractivity contribution in [2.24, 2.45) is 0 Å². The number of carboxylic acids is 1. The first kappa shape index (κ1) is 33.8. The van der Waals surface area contributed by atoms with E-state index in [4.69, 9.17) is 28.9 Å². The lowest BCUT2D eigenvalue weighted by Gasteiger charge is -2.15. The molecular formula is C30H38N6O8. The fraction of sp³-hybridized carbons (Fsp3) is 0.433. The summed E-state index contributed by atoms with van der Waals surface area (Å²) in [7, 11) is 0. The van der Waals surface area contributed by atoms with Gasteiger partial charge in [-0.3, -0.25) is 0 Å². The topological polar surface area (TPSA) is 196 Å². The number of hydrogen-bond acceptors (Lipinski definition) is 13. The number of rotatable bonds is 13. The molecule has 14 heteroatoms. The molecule has 1 unspecified atom stereocenters. The molecule has 14 nitrogen and oxygen atoms in total. The highest BCUT2D eigenvalue weighted by atomic mass is 16.5. The summed E-state index contributed by atoms with van der Waals surface area (Å²) in [5.41, 5.74) is 4.27. The average Bonchev–Trinajstić information content (AvgIpc) is 3.49. The van der Waals surface area contributed by atoms with Crippen LogP contribution in [-0.2, 0) is 0 Å². The normalized spacial score (nSPS) is 11.4. The van der Waals surface area contributed by atoms with E-state index in [0.717, 1.165) is 35.2 Å². The molecule has 0 aliphatic heterocycles. The second-order valence-electron chi connectivity index (χ2n) is 9.87. The molecule has 3 aromatic heterocycles. The van der Waals surface area contributed by atoms with Crippen molar-refractivity contribution in [3.8, 4) is 40.7 Å². The quantitative estimate of drug-likeness (QED) is 0.197. The van der Waals surface area contributed by atoms with Gasteiger partial charge in [0, 0.05) is 17.0 Å². The second kappa shape index (κ2) is 16.2. The maximum Gasteiger partial charge on any atom is 0.354 e. The number of aryl methyl sites for hydroxylation is 4. The van der Waals surface area contributed by atoms with Crippen molar-refractivity contribution in [1.29, 1.82) is 0 Å². The Kier molecular flexibility index (Phi) is 12.5. The minimum Gasteiger partial charge on any atom is -0.490 e. The Bertz CT molecular complexity index is 1520.